The van der Waals surface area contributed by atoms with E-state index < -0.39 is 0 Å². The summed E-state index contributed by atoms with van der Waals surface area (Å²) in [7, 11) is 0. The van der Waals surface area contributed by atoms with Gasteiger partial charge >= 0.3 is 0 Å². The fourth-order valence-corrected chi connectivity index (χ4v) is 1.70. The number of rotatable bonds is 4. The van der Waals surface area contributed by atoms with Crippen LogP contribution in [0.4, 0.5) is 0 Å². The van der Waals surface area contributed by atoms with Gasteiger partial charge in [-0.1, -0.05) is 6.07 Å². The first kappa shape index (κ1) is 11.5. The molecule has 1 aromatic heterocycles. The molecule has 1 fully saturated rings. The summed E-state index contributed by atoms with van der Waals surface area (Å²) < 4.78 is 11.1. The van der Waals surface area contributed by atoms with Crippen molar-refractivity contribution in [1.29, 1.82) is 0 Å². The van der Waals surface area contributed by atoms with E-state index in [0.717, 1.165) is 31.1 Å². The highest BCUT2D eigenvalue weighted by Gasteiger charge is 2.12. The summed E-state index contributed by atoms with van der Waals surface area (Å²) in [6.07, 6.45) is 0.179. The summed E-state index contributed by atoms with van der Waals surface area (Å²) in [6.45, 7) is 5.76. The highest BCUT2D eigenvalue weighted by Crippen LogP contribution is 2.02. The molecule has 0 aromatic carbocycles. The van der Waals surface area contributed by atoms with Gasteiger partial charge in [-0.25, -0.2) is 0 Å². The van der Waals surface area contributed by atoms with Crippen LogP contribution in [0.25, 0.3) is 0 Å². The Balaban J connectivity index is 1.71. The van der Waals surface area contributed by atoms with Crippen molar-refractivity contribution in [3.8, 4) is 0 Å². The molecular formula is C12H18N2O2. The Morgan fingerprint density at radius 1 is 1.56 bits per heavy atom. The Morgan fingerprint density at radius 2 is 2.50 bits per heavy atom. The maximum atomic E-state index is 5.59. The average molecular weight is 222 g/mol. The molecule has 4 nitrogen and oxygen atoms in total. The van der Waals surface area contributed by atoms with Gasteiger partial charge in [-0.2, -0.15) is 0 Å². The first-order chi connectivity index (χ1) is 7.84. The molecule has 1 aromatic rings. The third-order valence-electron chi connectivity index (χ3n) is 2.50. The lowest BCUT2D eigenvalue weighted by molar-refractivity contribution is -0.0363. The quantitative estimate of drug-likeness (QED) is 0.822. The average Bonchev–Trinajstić information content (AvgIpc) is 2.30. The van der Waals surface area contributed by atoms with Gasteiger partial charge in [-0.3, -0.25) is 4.98 Å². The zero-order valence-corrected chi connectivity index (χ0v) is 9.61. The van der Waals surface area contributed by atoms with Crippen LogP contribution in [-0.4, -0.2) is 37.4 Å². The third-order valence-corrected chi connectivity index (χ3v) is 2.50. The van der Waals surface area contributed by atoms with E-state index in [2.05, 4.69) is 10.3 Å². The Hall–Kier alpha value is -0.970. The van der Waals surface area contributed by atoms with E-state index in [4.69, 9.17) is 9.47 Å². The Bertz CT molecular complexity index is 325. The van der Waals surface area contributed by atoms with Crippen LogP contribution in [-0.2, 0) is 16.1 Å². The molecule has 1 saturated heterocycles. The van der Waals surface area contributed by atoms with Crippen LogP contribution in [0.2, 0.25) is 0 Å². The van der Waals surface area contributed by atoms with Gasteiger partial charge in [-0.15, -0.1) is 0 Å². The van der Waals surface area contributed by atoms with E-state index in [0.29, 0.717) is 13.2 Å². The van der Waals surface area contributed by atoms with Gasteiger partial charge in [0.1, 0.15) is 0 Å². The number of hydrogen-bond acceptors (Lipinski definition) is 4. The number of aryl methyl sites for hydroxylation is 1. The highest BCUT2D eigenvalue weighted by atomic mass is 16.5. The second-order valence-corrected chi connectivity index (χ2v) is 3.98. The predicted molar refractivity (Wildman–Crippen MR) is 61.2 cm³/mol. The molecule has 4 heteroatoms. The number of aromatic nitrogens is 1. The summed E-state index contributed by atoms with van der Waals surface area (Å²) >= 11 is 0. The minimum Gasteiger partial charge on any atom is -0.373 e. The molecular weight excluding hydrogens is 204 g/mol. The second kappa shape index (κ2) is 5.94. The second-order valence-electron chi connectivity index (χ2n) is 3.98. The number of ether oxygens (including phenoxy) is 2. The standard InChI is InChI=1S/C12H18N2O2/c1-10-3-2-4-11(14-10)8-15-9-12-7-13-5-6-16-12/h2-4,12-13H,5-9H2,1H3. The van der Waals surface area contributed by atoms with Crippen molar-refractivity contribution >= 4 is 0 Å². The Morgan fingerprint density at radius 3 is 3.25 bits per heavy atom. The fourth-order valence-electron chi connectivity index (χ4n) is 1.70. The van der Waals surface area contributed by atoms with Gasteiger partial charge in [0.25, 0.3) is 0 Å². The summed E-state index contributed by atoms with van der Waals surface area (Å²) in [4.78, 5) is 4.37. The van der Waals surface area contributed by atoms with Gasteiger partial charge in [0, 0.05) is 18.8 Å². The molecule has 88 valence electrons. The van der Waals surface area contributed by atoms with Crippen LogP contribution in [0.15, 0.2) is 18.2 Å². The van der Waals surface area contributed by atoms with E-state index in [1.165, 1.54) is 0 Å². The van der Waals surface area contributed by atoms with E-state index in [1.807, 2.05) is 25.1 Å². The largest absolute Gasteiger partial charge is 0.373 e. The first-order valence-electron chi connectivity index (χ1n) is 5.67. The summed E-state index contributed by atoms with van der Waals surface area (Å²) in [5.41, 5.74) is 2.00. The summed E-state index contributed by atoms with van der Waals surface area (Å²) in [5.74, 6) is 0. The molecule has 1 unspecified atom stereocenters. The van der Waals surface area contributed by atoms with Crippen molar-refractivity contribution in [1.82, 2.24) is 10.3 Å². The van der Waals surface area contributed by atoms with Gasteiger partial charge in [-0.05, 0) is 19.1 Å². The maximum absolute atomic E-state index is 5.59. The minimum atomic E-state index is 0.179. The van der Waals surface area contributed by atoms with E-state index in [9.17, 15) is 0 Å². The van der Waals surface area contributed by atoms with Crippen LogP contribution in [0.1, 0.15) is 11.4 Å². The molecule has 0 amide bonds. The first-order valence-corrected chi connectivity index (χ1v) is 5.67. The van der Waals surface area contributed by atoms with Crippen molar-refractivity contribution in [2.24, 2.45) is 0 Å². The number of pyridine rings is 1. The van der Waals surface area contributed by atoms with Crippen molar-refractivity contribution in [3.05, 3.63) is 29.6 Å². The van der Waals surface area contributed by atoms with Crippen LogP contribution < -0.4 is 5.32 Å². The molecule has 0 spiro atoms. The SMILES string of the molecule is Cc1cccc(COCC2CNCCO2)n1. The Labute approximate surface area is 96.0 Å². The summed E-state index contributed by atoms with van der Waals surface area (Å²) in [6, 6.07) is 5.96. The monoisotopic (exact) mass is 222 g/mol. The minimum absolute atomic E-state index is 0.179. The Kier molecular flexibility index (Phi) is 4.27. The van der Waals surface area contributed by atoms with Gasteiger partial charge < -0.3 is 14.8 Å². The smallest absolute Gasteiger partial charge is 0.0933 e. The molecule has 1 aliphatic rings. The summed E-state index contributed by atoms with van der Waals surface area (Å²) in [5, 5.41) is 3.27. The number of hydrogen-bond donors (Lipinski definition) is 1. The molecule has 2 heterocycles. The molecule has 16 heavy (non-hydrogen) atoms. The zero-order chi connectivity index (χ0) is 11.2. The van der Waals surface area contributed by atoms with Crippen LogP contribution in [0.5, 0.6) is 0 Å². The third kappa shape index (κ3) is 3.56. The highest BCUT2D eigenvalue weighted by molar-refractivity contribution is 5.08. The van der Waals surface area contributed by atoms with Gasteiger partial charge in [0.05, 0.1) is 31.6 Å². The maximum Gasteiger partial charge on any atom is 0.0933 e. The van der Waals surface area contributed by atoms with E-state index in [-0.39, 0.29) is 6.10 Å². The van der Waals surface area contributed by atoms with Gasteiger partial charge in [0.2, 0.25) is 0 Å². The van der Waals surface area contributed by atoms with Crippen LogP contribution >= 0.6 is 0 Å². The lowest BCUT2D eigenvalue weighted by atomic mass is 10.3. The molecule has 0 bridgehead atoms. The van der Waals surface area contributed by atoms with Crippen molar-refractivity contribution in [3.63, 3.8) is 0 Å². The number of morpholine rings is 1. The lowest BCUT2D eigenvalue weighted by Crippen LogP contribution is -2.40. The van der Waals surface area contributed by atoms with Crippen LogP contribution in [0, 0.1) is 6.92 Å². The van der Waals surface area contributed by atoms with Crippen molar-refractivity contribution in [2.75, 3.05) is 26.3 Å². The molecule has 1 atom stereocenters. The van der Waals surface area contributed by atoms with Crippen molar-refractivity contribution < 1.29 is 9.47 Å². The van der Waals surface area contributed by atoms with Crippen LogP contribution in [0.3, 0.4) is 0 Å². The lowest BCUT2D eigenvalue weighted by Gasteiger charge is -2.23. The molecule has 0 radical (unpaired) electrons. The normalized spacial score (nSPS) is 20.9. The predicted octanol–water partition coefficient (Wildman–Crippen LogP) is 0.895. The molecule has 0 saturated carbocycles. The molecule has 1 aliphatic heterocycles. The zero-order valence-electron chi connectivity index (χ0n) is 9.61. The number of nitrogens with one attached hydrogen (secondary N) is 1. The number of nitrogens with zero attached hydrogens (tertiary/aromatic N) is 1. The molecule has 2 rings (SSSR count). The van der Waals surface area contributed by atoms with E-state index >= 15 is 0 Å². The topological polar surface area (TPSA) is 43.4 Å². The van der Waals surface area contributed by atoms with Gasteiger partial charge in [0.15, 0.2) is 0 Å². The van der Waals surface area contributed by atoms with Crippen molar-refractivity contribution in [2.45, 2.75) is 19.6 Å². The molecule has 1 N–H and O–H groups in total. The fraction of sp³-hybridized carbons (Fsp3) is 0.583. The molecule has 0 aliphatic carbocycles. The van der Waals surface area contributed by atoms with E-state index in [1.54, 1.807) is 0 Å².